The van der Waals surface area contributed by atoms with Gasteiger partial charge in [-0.1, -0.05) is 0 Å². The number of rotatable bonds is 10. The van der Waals surface area contributed by atoms with E-state index in [-0.39, 0.29) is 28.6 Å². The highest BCUT2D eigenvalue weighted by atomic mass is 32.2. The Morgan fingerprint density at radius 2 is 1.81 bits per heavy atom. The molecule has 2 rings (SSSR count). The molecule has 0 saturated carbocycles. The summed E-state index contributed by atoms with van der Waals surface area (Å²) in [4.78, 5) is 21.9. The van der Waals surface area contributed by atoms with Crippen LogP contribution in [0.5, 0.6) is 5.75 Å². The molecule has 2 aromatic carbocycles. The number of carbonyl (C=O) groups excluding carboxylic acids is 1. The average molecular weight is 493 g/mol. The molecule has 0 aromatic heterocycles. The molecule has 32 heavy (non-hydrogen) atoms. The molecule has 2 N–H and O–H groups in total. The quantitative estimate of drug-likeness (QED) is 0.225. The van der Waals surface area contributed by atoms with E-state index in [1.165, 1.54) is 31.4 Å². The number of nitrogens with zero attached hydrogens (tertiary/aromatic N) is 1. The van der Waals surface area contributed by atoms with Crippen LogP contribution in [0.4, 0.5) is 18.9 Å². The molecule has 2 aromatic rings. The predicted octanol–water partition coefficient (Wildman–Crippen LogP) is 2.81. The van der Waals surface area contributed by atoms with Gasteiger partial charge in [-0.05, 0) is 36.4 Å². The molecule has 0 radical (unpaired) electrons. The van der Waals surface area contributed by atoms with Gasteiger partial charge in [-0.25, -0.2) is 13.1 Å². The molecule has 174 valence electrons. The molecule has 0 unspecified atom stereocenters. The van der Waals surface area contributed by atoms with Crippen molar-refractivity contribution in [1.82, 2.24) is 10.0 Å². The van der Waals surface area contributed by atoms with E-state index in [4.69, 9.17) is 4.74 Å². The van der Waals surface area contributed by atoms with Gasteiger partial charge < -0.3 is 10.1 Å². The normalized spacial score (nSPS) is 11.8. The molecule has 9 nitrogen and oxygen atoms in total. The van der Waals surface area contributed by atoms with Crippen LogP contribution in [0.2, 0.25) is 0 Å². The minimum absolute atomic E-state index is 0.00907. The molecule has 0 spiro atoms. The van der Waals surface area contributed by atoms with Gasteiger partial charge in [0, 0.05) is 19.2 Å². The summed E-state index contributed by atoms with van der Waals surface area (Å²) in [7, 11) is -2.36. The third-order valence-corrected chi connectivity index (χ3v) is 6.49. The molecule has 14 heteroatoms. The van der Waals surface area contributed by atoms with Crippen LogP contribution in [0.3, 0.4) is 0 Å². The fourth-order valence-corrected chi connectivity index (χ4v) is 4.24. The lowest BCUT2D eigenvalue weighted by atomic mass is 10.2. The fraction of sp³-hybridized carbons (Fsp3) is 0.278. The number of nitro benzene ring substituents is 1. The first-order chi connectivity index (χ1) is 14.9. The van der Waals surface area contributed by atoms with E-state index >= 15 is 0 Å². The number of nitro groups is 1. The van der Waals surface area contributed by atoms with Crippen molar-refractivity contribution in [1.29, 1.82) is 0 Å². The second-order valence-electron chi connectivity index (χ2n) is 6.15. The van der Waals surface area contributed by atoms with Gasteiger partial charge in [-0.2, -0.15) is 13.2 Å². The van der Waals surface area contributed by atoms with E-state index < -0.39 is 38.3 Å². The molecule has 0 aliphatic carbocycles. The maximum Gasteiger partial charge on any atom is 0.416 e. The molecule has 0 fully saturated rings. The summed E-state index contributed by atoms with van der Waals surface area (Å²) in [6, 6.07) is 7.71. The number of hydrogen-bond acceptors (Lipinski definition) is 7. The van der Waals surface area contributed by atoms with Crippen molar-refractivity contribution >= 4 is 33.4 Å². The van der Waals surface area contributed by atoms with E-state index in [9.17, 15) is 36.5 Å². The molecular weight excluding hydrogens is 475 g/mol. The summed E-state index contributed by atoms with van der Waals surface area (Å²) in [5.74, 6) is -0.396. The van der Waals surface area contributed by atoms with Crippen LogP contribution >= 0.6 is 11.8 Å². The first kappa shape index (κ1) is 25.4. The number of amides is 1. The lowest BCUT2D eigenvalue weighted by molar-refractivity contribution is -0.388. The highest BCUT2D eigenvalue weighted by Gasteiger charge is 2.33. The van der Waals surface area contributed by atoms with Crippen LogP contribution < -0.4 is 14.8 Å². The summed E-state index contributed by atoms with van der Waals surface area (Å²) < 4.78 is 69.8. The number of hydrogen-bond donors (Lipinski definition) is 2. The molecule has 0 aliphatic heterocycles. The highest BCUT2D eigenvalue weighted by molar-refractivity contribution is 8.00. The standard InChI is InChI=1S/C18H18F3N3O6S2/c1-30-13-3-5-14(6-4-13)32(28,29)23-9-8-22-17(25)11-31-16-7-2-12(18(19,20)21)10-15(16)24(26)27/h2-7,10,23H,8-9,11H2,1H3,(H,22,25). The summed E-state index contributed by atoms with van der Waals surface area (Å²) in [6.45, 7) is -0.185. The third kappa shape index (κ3) is 7.10. The maximum absolute atomic E-state index is 12.7. The van der Waals surface area contributed by atoms with E-state index in [0.717, 1.165) is 6.07 Å². The number of alkyl halides is 3. The van der Waals surface area contributed by atoms with Gasteiger partial charge in [0.1, 0.15) is 5.75 Å². The Morgan fingerprint density at radius 1 is 1.16 bits per heavy atom. The molecule has 0 saturated heterocycles. The van der Waals surface area contributed by atoms with Crippen LogP contribution in [0.25, 0.3) is 0 Å². The predicted molar refractivity (Wildman–Crippen MR) is 110 cm³/mol. The van der Waals surface area contributed by atoms with Crippen LogP contribution in [0.1, 0.15) is 5.56 Å². The van der Waals surface area contributed by atoms with Gasteiger partial charge in [0.25, 0.3) is 5.69 Å². The Bertz CT molecular complexity index is 1080. The largest absolute Gasteiger partial charge is 0.497 e. The average Bonchev–Trinajstić information content (AvgIpc) is 2.74. The van der Waals surface area contributed by atoms with Crippen molar-refractivity contribution in [3.63, 3.8) is 0 Å². The lowest BCUT2D eigenvalue weighted by Gasteiger charge is -2.10. The maximum atomic E-state index is 12.7. The van der Waals surface area contributed by atoms with Gasteiger partial charge in [-0.15, -0.1) is 11.8 Å². The van der Waals surface area contributed by atoms with Gasteiger partial charge in [-0.3, -0.25) is 14.9 Å². The van der Waals surface area contributed by atoms with Crippen molar-refractivity contribution in [3.8, 4) is 5.75 Å². The number of ether oxygens (including phenoxy) is 1. The molecule has 0 bridgehead atoms. The third-order valence-electron chi connectivity index (χ3n) is 3.95. The highest BCUT2D eigenvalue weighted by Crippen LogP contribution is 2.36. The first-order valence-electron chi connectivity index (χ1n) is 8.83. The van der Waals surface area contributed by atoms with Crippen LogP contribution in [-0.4, -0.2) is 45.2 Å². The van der Waals surface area contributed by atoms with E-state index in [0.29, 0.717) is 29.6 Å². The Balaban J connectivity index is 1.85. The summed E-state index contributed by atoms with van der Waals surface area (Å²) >= 11 is 0.695. The zero-order valence-electron chi connectivity index (χ0n) is 16.5. The Hall–Kier alpha value is -2.84. The molecule has 0 aliphatic rings. The monoisotopic (exact) mass is 493 g/mol. The molecule has 1 amide bonds. The topological polar surface area (TPSA) is 128 Å². The van der Waals surface area contributed by atoms with Crippen molar-refractivity contribution in [3.05, 3.63) is 58.1 Å². The summed E-state index contributed by atoms with van der Waals surface area (Å²) in [6.07, 6.45) is -4.73. The van der Waals surface area contributed by atoms with Gasteiger partial charge >= 0.3 is 6.18 Å². The lowest BCUT2D eigenvalue weighted by Crippen LogP contribution is -2.35. The van der Waals surface area contributed by atoms with Crippen LogP contribution in [0, 0.1) is 10.1 Å². The number of benzene rings is 2. The first-order valence-corrected chi connectivity index (χ1v) is 11.3. The van der Waals surface area contributed by atoms with Crippen molar-refractivity contribution in [2.75, 3.05) is 26.0 Å². The van der Waals surface area contributed by atoms with Gasteiger partial charge in [0.15, 0.2) is 0 Å². The number of thioether (sulfide) groups is 1. The SMILES string of the molecule is COc1ccc(S(=O)(=O)NCCNC(=O)CSc2ccc(C(F)(F)F)cc2[N+](=O)[O-])cc1. The zero-order valence-corrected chi connectivity index (χ0v) is 18.1. The van der Waals surface area contributed by atoms with Crippen molar-refractivity contribution in [2.45, 2.75) is 16.0 Å². The second-order valence-corrected chi connectivity index (χ2v) is 8.93. The minimum atomic E-state index is -4.73. The Morgan fingerprint density at radius 3 is 2.38 bits per heavy atom. The van der Waals surface area contributed by atoms with Crippen LogP contribution in [0.15, 0.2) is 52.3 Å². The van der Waals surface area contributed by atoms with Crippen molar-refractivity contribution < 1.29 is 36.0 Å². The number of carbonyl (C=O) groups is 1. The number of methoxy groups -OCH3 is 1. The van der Waals surface area contributed by atoms with Crippen molar-refractivity contribution in [2.24, 2.45) is 0 Å². The molecule has 0 atom stereocenters. The zero-order chi connectivity index (χ0) is 23.9. The molecule has 0 heterocycles. The van der Waals surface area contributed by atoms with E-state index in [2.05, 4.69) is 10.0 Å². The van der Waals surface area contributed by atoms with Crippen LogP contribution in [-0.2, 0) is 21.0 Å². The molecular formula is C18H18F3N3O6S2. The van der Waals surface area contributed by atoms with Gasteiger partial charge in [0.05, 0.1) is 33.1 Å². The Labute approximate surface area is 185 Å². The van der Waals surface area contributed by atoms with E-state index in [1.807, 2.05) is 0 Å². The van der Waals surface area contributed by atoms with Gasteiger partial charge in [0.2, 0.25) is 15.9 Å². The van der Waals surface area contributed by atoms with E-state index in [1.54, 1.807) is 0 Å². The minimum Gasteiger partial charge on any atom is -0.497 e. The summed E-state index contributed by atoms with van der Waals surface area (Å²) in [5.41, 5.74) is -1.92. The number of halogens is 3. The second kappa shape index (κ2) is 10.7. The Kier molecular flexibility index (Phi) is 8.46. The number of nitrogens with one attached hydrogen (secondary N) is 2. The smallest absolute Gasteiger partial charge is 0.416 e. The fourth-order valence-electron chi connectivity index (χ4n) is 2.38. The number of sulfonamides is 1. The summed E-state index contributed by atoms with van der Waals surface area (Å²) in [5, 5.41) is 13.5.